The van der Waals surface area contributed by atoms with Crippen LogP contribution < -0.4 is 10.6 Å². The van der Waals surface area contributed by atoms with Gasteiger partial charge < -0.3 is 10.6 Å². The third kappa shape index (κ3) is 4.69. The Morgan fingerprint density at radius 3 is 1.39 bits per heavy atom. The van der Waals surface area contributed by atoms with Gasteiger partial charge in [0.05, 0.1) is 0 Å². The second kappa shape index (κ2) is 7.39. The van der Waals surface area contributed by atoms with Crippen LogP contribution in [0.3, 0.4) is 0 Å². The molecular weight excluding hydrogens is 292 g/mol. The predicted octanol–water partition coefficient (Wildman–Crippen LogP) is 2.20. The zero-order chi connectivity index (χ0) is 16.7. The molecule has 0 aliphatic rings. The van der Waals surface area contributed by atoms with Crippen LogP contribution in [0.25, 0.3) is 0 Å². The highest BCUT2D eigenvalue weighted by molar-refractivity contribution is 6.02. The first-order valence-electron chi connectivity index (χ1n) is 6.71. The first-order valence-corrected chi connectivity index (χ1v) is 6.71. The van der Waals surface area contributed by atoms with E-state index in [0.29, 0.717) is 17.8 Å². The lowest BCUT2D eigenvalue weighted by atomic mass is 10.0. The maximum atomic E-state index is 11.0. The fourth-order valence-corrected chi connectivity index (χ4v) is 1.97. The predicted molar refractivity (Wildman–Crippen MR) is 84.2 cm³/mol. The zero-order valence-electron chi connectivity index (χ0n) is 12.0. The first-order chi connectivity index (χ1) is 11.1. The number of hydrogen-bond donors (Lipinski definition) is 2. The quantitative estimate of drug-likeness (QED) is 0.844. The normalized spacial score (nSPS) is 9.30. The number of anilines is 2. The van der Waals surface area contributed by atoms with Crippen molar-refractivity contribution in [2.24, 2.45) is 0 Å². The average Bonchev–Trinajstić information content (AvgIpc) is 2.58. The second-order valence-electron chi connectivity index (χ2n) is 4.70. The molecular formula is C17H12N4O2. The number of nitriles is 2. The van der Waals surface area contributed by atoms with E-state index in [0.717, 1.165) is 11.1 Å². The Bertz CT molecular complexity index is 727. The number of rotatable bonds is 4. The van der Waals surface area contributed by atoms with Gasteiger partial charge in [-0.3, -0.25) is 9.59 Å². The molecule has 0 spiro atoms. The lowest BCUT2D eigenvalue weighted by Crippen LogP contribution is -2.08. The second-order valence-corrected chi connectivity index (χ2v) is 4.70. The van der Waals surface area contributed by atoms with Crippen molar-refractivity contribution in [3.8, 4) is 12.1 Å². The number of benzene rings is 2. The molecule has 2 amide bonds. The largest absolute Gasteiger partial charge is 0.326 e. The molecule has 6 heteroatoms. The van der Waals surface area contributed by atoms with Crippen LogP contribution >= 0.6 is 0 Å². The van der Waals surface area contributed by atoms with Crippen molar-refractivity contribution in [2.45, 2.75) is 6.42 Å². The number of nitrogens with one attached hydrogen (secondary N) is 2. The van der Waals surface area contributed by atoms with Gasteiger partial charge in [-0.25, -0.2) is 0 Å². The molecule has 2 aromatic rings. The highest BCUT2D eigenvalue weighted by Crippen LogP contribution is 2.16. The molecule has 0 bridgehead atoms. The van der Waals surface area contributed by atoms with Crippen LogP contribution in [0.2, 0.25) is 0 Å². The SMILES string of the molecule is N#CC(=O)Nc1ccc(Cc2ccc(NC(=O)C#N)cc2)cc1. The fraction of sp³-hybridized carbons (Fsp3) is 0.0588. The van der Waals surface area contributed by atoms with Gasteiger partial charge in [0.15, 0.2) is 12.1 Å². The smallest absolute Gasteiger partial charge is 0.313 e. The fourth-order valence-electron chi connectivity index (χ4n) is 1.97. The van der Waals surface area contributed by atoms with Crippen molar-refractivity contribution >= 4 is 23.2 Å². The number of hydrogen-bond acceptors (Lipinski definition) is 4. The maximum Gasteiger partial charge on any atom is 0.326 e. The van der Waals surface area contributed by atoms with Gasteiger partial charge in [-0.1, -0.05) is 24.3 Å². The number of carbonyl (C=O) groups excluding carboxylic acids is 2. The van der Waals surface area contributed by atoms with Crippen LogP contribution in [0.5, 0.6) is 0 Å². The summed E-state index contributed by atoms with van der Waals surface area (Å²) in [6, 6.07) is 17.3. The van der Waals surface area contributed by atoms with Gasteiger partial charge in [-0.2, -0.15) is 10.5 Å². The maximum absolute atomic E-state index is 11.0. The minimum atomic E-state index is -0.701. The highest BCUT2D eigenvalue weighted by Gasteiger charge is 2.02. The third-order valence-electron chi connectivity index (χ3n) is 3.03. The molecule has 2 rings (SSSR count). The lowest BCUT2D eigenvalue weighted by molar-refractivity contribution is -0.112. The third-order valence-corrected chi connectivity index (χ3v) is 3.03. The van der Waals surface area contributed by atoms with E-state index in [1.807, 2.05) is 24.3 Å². The summed E-state index contributed by atoms with van der Waals surface area (Å²) in [6.45, 7) is 0. The van der Waals surface area contributed by atoms with E-state index in [4.69, 9.17) is 10.5 Å². The average molecular weight is 304 g/mol. The summed E-state index contributed by atoms with van der Waals surface area (Å²) in [4.78, 5) is 21.9. The molecule has 0 aromatic heterocycles. The molecule has 0 aliphatic carbocycles. The topological polar surface area (TPSA) is 106 Å². The first kappa shape index (κ1) is 15.7. The summed E-state index contributed by atoms with van der Waals surface area (Å²) in [5.41, 5.74) is 3.20. The van der Waals surface area contributed by atoms with Crippen LogP contribution in [0.1, 0.15) is 11.1 Å². The van der Waals surface area contributed by atoms with Crippen LogP contribution in [0.4, 0.5) is 11.4 Å². The Kier molecular flexibility index (Phi) is 5.06. The van der Waals surface area contributed by atoms with E-state index in [1.54, 1.807) is 24.3 Å². The molecule has 112 valence electrons. The van der Waals surface area contributed by atoms with Crippen LogP contribution in [-0.4, -0.2) is 11.8 Å². The van der Waals surface area contributed by atoms with Gasteiger partial charge in [0.2, 0.25) is 0 Å². The Morgan fingerprint density at radius 1 is 0.739 bits per heavy atom. The molecule has 2 N–H and O–H groups in total. The van der Waals surface area contributed by atoms with Gasteiger partial charge in [0, 0.05) is 11.4 Å². The van der Waals surface area contributed by atoms with E-state index in [1.165, 1.54) is 12.1 Å². The van der Waals surface area contributed by atoms with Crippen molar-refractivity contribution < 1.29 is 9.59 Å². The Morgan fingerprint density at radius 2 is 1.09 bits per heavy atom. The molecule has 0 saturated carbocycles. The van der Waals surface area contributed by atoms with Gasteiger partial charge in [0.1, 0.15) is 0 Å². The summed E-state index contributed by atoms with van der Waals surface area (Å²) in [5.74, 6) is -1.40. The molecule has 0 unspecified atom stereocenters. The Hall–Kier alpha value is -3.64. The van der Waals surface area contributed by atoms with Crippen molar-refractivity contribution in [2.75, 3.05) is 10.6 Å². The molecule has 0 heterocycles. The lowest BCUT2D eigenvalue weighted by Gasteiger charge is -2.06. The minimum Gasteiger partial charge on any atom is -0.313 e. The molecule has 23 heavy (non-hydrogen) atoms. The van der Waals surface area contributed by atoms with Crippen molar-refractivity contribution in [1.82, 2.24) is 0 Å². The molecule has 0 radical (unpaired) electrons. The van der Waals surface area contributed by atoms with E-state index < -0.39 is 11.8 Å². The molecule has 0 aliphatic heterocycles. The van der Waals surface area contributed by atoms with Crippen molar-refractivity contribution in [3.63, 3.8) is 0 Å². The minimum absolute atomic E-state index is 0.565. The van der Waals surface area contributed by atoms with Crippen molar-refractivity contribution in [1.29, 1.82) is 10.5 Å². The molecule has 0 saturated heterocycles. The van der Waals surface area contributed by atoms with Crippen molar-refractivity contribution in [3.05, 3.63) is 59.7 Å². The van der Waals surface area contributed by atoms with E-state index >= 15 is 0 Å². The summed E-state index contributed by atoms with van der Waals surface area (Å²) >= 11 is 0. The van der Waals surface area contributed by atoms with E-state index in [2.05, 4.69) is 10.6 Å². The number of nitrogens with zero attached hydrogens (tertiary/aromatic N) is 2. The van der Waals surface area contributed by atoms with E-state index in [-0.39, 0.29) is 0 Å². The summed E-state index contributed by atoms with van der Waals surface area (Å²) in [6.07, 6.45) is 0.680. The zero-order valence-corrected chi connectivity index (χ0v) is 12.0. The van der Waals surface area contributed by atoms with Crippen LogP contribution in [0, 0.1) is 22.7 Å². The summed E-state index contributed by atoms with van der Waals surface area (Å²) in [5, 5.41) is 21.8. The summed E-state index contributed by atoms with van der Waals surface area (Å²) < 4.78 is 0. The molecule has 0 atom stereocenters. The van der Waals surface area contributed by atoms with Gasteiger partial charge in [-0.15, -0.1) is 0 Å². The van der Waals surface area contributed by atoms with Gasteiger partial charge >= 0.3 is 11.8 Å². The molecule has 2 aromatic carbocycles. The monoisotopic (exact) mass is 304 g/mol. The number of amides is 2. The standard InChI is InChI=1S/C17H12N4O2/c18-10-16(22)20-14-5-1-12(2-6-14)9-13-3-7-15(8-4-13)21-17(23)11-19/h1-8H,9H2,(H,20,22)(H,21,23). The van der Waals surface area contributed by atoms with Gasteiger partial charge in [-0.05, 0) is 41.8 Å². The van der Waals surface area contributed by atoms with Crippen LogP contribution in [0.15, 0.2) is 48.5 Å². The van der Waals surface area contributed by atoms with E-state index in [9.17, 15) is 9.59 Å². The highest BCUT2D eigenvalue weighted by atomic mass is 16.2. The number of carbonyl (C=O) groups is 2. The Balaban J connectivity index is 1.99. The van der Waals surface area contributed by atoms with Crippen LogP contribution in [-0.2, 0) is 16.0 Å². The summed E-state index contributed by atoms with van der Waals surface area (Å²) in [7, 11) is 0. The molecule has 6 nitrogen and oxygen atoms in total. The Labute approximate surface area is 133 Å². The van der Waals surface area contributed by atoms with Gasteiger partial charge in [0.25, 0.3) is 0 Å². The molecule has 0 fully saturated rings.